The van der Waals surface area contributed by atoms with Crippen molar-refractivity contribution in [3.8, 4) is 11.8 Å². The molecule has 0 spiro atoms. The number of anilines is 1. The number of benzene rings is 2. The van der Waals surface area contributed by atoms with E-state index in [0.717, 1.165) is 12.1 Å². The molecule has 1 saturated heterocycles. The maximum Gasteiger partial charge on any atom is 0.329 e. The molecule has 0 bridgehead atoms. The van der Waals surface area contributed by atoms with Gasteiger partial charge in [-0.1, -0.05) is 50.0 Å². The summed E-state index contributed by atoms with van der Waals surface area (Å²) >= 11 is 0. The van der Waals surface area contributed by atoms with Gasteiger partial charge in [0.25, 0.3) is 0 Å². The number of amides is 3. The van der Waals surface area contributed by atoms with Crippen molar-refractivity contribution in [3.05, 3.63) is 95.3 Å². The summed E-state index contributed by atoms with van der Waals surface area (Å²) < 4.78 is 30.2. The summed E-state index contributed by atoms with van der Waals surface area (Å²) in [5.41, 5.74) is -0.407. The van der Waals surface area contributed by atoms with Crippen LogP contribution in [0.25, 0.3) is 0 Å². The number of imide groups is 1. The van der Waals surface area contributed by atoms with Crippen molar-refractivity contribution >= 4 is 17.6 Å². The summed E-state index contributed by atoms with van der Waals surface area (Å²) in [5, 5.41) is 2.80. The summed E-state index contributed by atoms with van der Waals surface area (Å²) in [6, 6.07) is 13.6. The lowest BCUT2D eigenvalue weighted by molar-refractivity contribution is -0.127. The highest BCUT2D eigenvalue weighted by atomic mass is 19.1. The Morgan fingerprint density at radius 3 is 2.24 bits per heavy atom. The molecule has 0 radical (unpaired) electrons. The standard InChI is InChI=1S/C27H23F2N3O2/c1-17(2)23-25(33)32(26(34)31-27(23,3)20-10-7-13-30-16-20)24-21(28)14-19(15-22(24)29)12-11-18-8-5-4-6-9-18/h4-10,13-17,23H,1-3H3,(H,31,34)/t23?,27-/m1/s1. The Morgan fingerprint density at radius 1 is 1.00 bits per heavy atom. The van der Waals surface area contributed by atoms with Gasteiger partial charge in [-0.15, -0.1) is 0 Å². The van der Waals surface area contributed by atoms with Crippen LogP contribution in [0.15, 0.2) is 67.0 Å². The Balaban J connectivity index is 1.73. The Labute approximate surface area is 196 Å². The summed E-state index contributed by atoms with van der Waals surface area (Å²) in [7, 11) is 0. The van der Waals surface area contributed by atoms with Crippen molar-refractivity contribution in [1.29, 1.82) is 0 Å². The Morgan fingerprint density at radius 2 is 1.65 bits per heavy atom. The zero-order valence-electron chi connectivity index (χ0n) is 19.0. The second-order valence-corrected chi connectivity index (χ2v) is 8.67. The first-order valence-corrected chi connectivity index (χ1v) is 10.8. The van der Waals surface area contributed by atoms with Crippen molar-refractivity contribution in [1.82, 2.24) is 10.3 Å². The predicted octanol–water partition coefficient (Wildman–Crippen LogP) is 5.00. The normalized spacial score (nSPS) is 20.1. The number of carbonyl (C=O) groups excluding carboxylic acids is 2. The molecule has 1 fully saturated rings. The minimum Gasteiger partial charge on any atom is -0.327 e. The number of nitrogens with one attached hydrogen (secondary N) is 1. The van der Waals surface area contributed by atoms with E-state index in [-0.39, 0.29) is 11.5 Å². The van der Waals surface area contributed by atoms with Crippen molar-refractivity contribution in [2.75, 3.05) is 4.90 Å². The van der Waals surface area contributed by atoms with Gasteiger partial charge in [0, 0.05) is 23.5 Å². The van der Waals surface area contributed by atoms with E-state index in [1.54, 1.807) is 55.7 Å². The first-order valence-electron chi connectivity index (χ1n) is 10.8. The van der Waals surface area contributed by atoms with Crippen LogP contribution in [0.4, 0.5) is 19.3 Å². The van der Waals surface area contributed by atoms with Crippen LogP contribution in [0.2, 0.25) is 0 Å². The van der Waals surface area contributed by atoms with Crippen LogP contribution in [0.3, 0.4) is 0 Å². The topological polar surface area (TPSA) is 62.3 Å². The monoisotopic (exact) mass is 459 g/mol. The predicted molar refractivity (Wildman–Crippen MR) is 125 cm³/mol. The minimum atomic E-state index is -1.10. The van der Waals surface area contributed by atoms with Crippen molar-refractivity contribution in [3.63, 3.8) is 0 Å². The highest BCUT2D eigenvalue weighted by Gasteiger charge is 2.52. The highest BCUT2D eigenvalue weighted by Crippen LogP contribution is 2.40. The second kappa shape index (κ2) is 9.06. The molecular weight excluding hydrogens is 436 g/mol. The van der Waals surface area contributed by atoms with Gasteiger partial charge < -0.3 is 5.32 Å². The average Bonchev–Trinajstić information content (AvgIpc) is 2.80. The number of carbonyl (C=O) groups is 2. The molecule has 1 aromatic heterocycles. The third-order valence-electron chi connectivity index (χ3n) is 5.97. The number of hydrogen-bond acceptors (Lipinski definition) is 3. The van der Waals surface area contributed by atoms with E-state index in [1.807, 2.05) is 19.9 Å². The maximum atomic E-state index is 15.1. The third-order valence-corrected chi connectivity index (χ3v) is 5.97. The molecule has 7 heteroatoms. The molecule has 4 rings (SSSR count). The summed E-state index contributed by atoms with van der Waals surface area (Å²) in [5.74, 6) is 1.73. The van der Waals surface area contributed by atoms with E-state index in [4.69, 9.17) is 0 Å². The van der Waals surface area contributed by atoms with Gasteiger partial charge >= 0.3 is 6.03 Å². The second-order valence-electron chi connectivity index (χ2n) is 8.67. The SMILES string of the molecule is CC(C)C1C(=O)N(c2c(F)cc(C#Cc3ccccc3)cc2F)C(=O)N[C@]1(C)c1cccnc1. The van der Waals surface area contributed by atoms with E-state index in [9.17, 15) is 9.59 Å². The van der Waals surface area contributed by atoms with Gasteiger partial charge in [-0.25, -0.2) is 18.5 Å². The first kappa shape index (κ1) is 23.1. The fourth-order valence-corrected chi connectivity index (χ4v) is 4.44. The number of nitrogens with zero attached hydrogens (tertiary/aromatic N) is 2. The zero-order chi connectivity index (χ0) is 24.5. The number of halogens is 2. The van der Waals surface area contributed by atoms with Gasteiger partial charge in [0.05, 0.1) is 11.5 Å². The number of urea groups is 1. The number of hydrogen-bond donors (Lipinski definition) is 1. The molecule has 2 heterocycles. The van der Waals surface area contributed by atoms with Gasteiger partial charge in [0.1, 0.15) is 5.69 Å². The molecule has 0 aliphatic carbocycles. The van der Waals surface area contributed by atoms with Crippen LogP contribution >= 0.6 is 0 Å². The molecule has 5 nitrogen and oxygen atoms in total. The van der Waals surface area contributed by atoms with Crippen LogP contribution in [0.5, 0.6) is 0 Å². The summed E-state index contributed by atoms with van der Waals surface area (Å²) in [6.45, 7) is 5.36. The van der Waals surface area contributed by atoms with E-state index in [1.165, 1.54) is 0 Å². The lowest BCUT2D eigenvalue weighted by atomic mass is 9.72. The average molecular weight is 459 g/mol. The molecule has 1 aliphatic heterocycles. The molecule has 2 atom stereocenters. The molecule has 172 valence electrons. The molecule has 3 aromatic rings. The molecular formula is C27H23F2N3O2. The fourth-order valence-electron chi connectivity index (χ4n) is 4.44. The summed E-state index contributed by atoms with van der Waals surface area (Å²) in [6.07, 6.45) is 3.16. The van der Waals surface area contributed by atoms with Gasteiger partial charge in [-0.2, -0.15) is 0 Å². The maximum absolute atomic E-state index is 15.1. The molecule has 1 aliphatic rings. The number of aromatic nitrogens is 1. The van der Waals surface area contributed by atoms with Gasteiger partial charge in [-0.05, 0) is 48.7 Å². The van der Waals surface area contributed by atoms with Gasteiger partial charge in [-0.3, -0.25) is 9.78 Å². The lowest BCUT2D eigenvalue weighted by Crippen LogP contribution is -2.66. The lowest BCUT2D eigenvalue weighted by Gasteiger charge is -2.46. The molecule has 1 N–H and O–H groups in total. The Kier molecular flexibility index (Phi) is 6.16. The van der Waals surface area contributed by atoms with E-state index in [0.29, 0.717) is 16.0 Å². The fraction of sp³-hybridized carbons (Fsp3) is 0.222. The van der Waals surface area contributed by atoms with Crippen LogP contribution in [0.1, 0.15) is 37.5 Å². The smallest absolute Gasteiger partial charge is 0.327 e. The van der Waals surface area contributed by atoms with Gasteiger partial charge in [0.2, 0.25) is 5.91 Å². The van der Waals surface area contributed by atoms with Crippen LogP contribution in [0, 0.1) is 35.3 Å². The van der Waals surface area contributed by atoms with Crippen LogP contribution in [-0.2, 0) is 10.3 Å². The Hall–Kier alpha value is -4.05. The molecule has 34 heavy (non-hydrogen) atoms. The molecule has 2 aromatic carbocycles. The van der Waals surface area contributed by atoms with Crippen LogP contribution < -0.4 is 10.2 Å². The van der Waals surface area contributed by atoms with Crippen molar-refractivity contribution in [2.45, 2.75) is 26.3 Å². The largest absolute Gasteiger partial charge is 0.329 e. The molecule has 1 unspecified atom stereocenters. The van der Waals surface area contributed by atoms with Crippen molar-refractivity contribution < 1.29 is 18.4 Å². The minimum absolute atomic E-state index is 0.0908. The summed E-state index contributed by atoms with van der Waals surface area (Å²) in [4.78, 5) is 31.3. The quantitative estimate of drug-likeness (QED) is 0.561. The Bertz CT molecular complexity index is 1280. The van der Waals surface area contributed by atoms with Crippen molar-refractivity contribution in [2.24, 2.45) is 11.8 Å². The first-order chi connectivity index (χ1) is 16.2. The van der Waals surface area contributed by atoms with Crippen LogP contribution in [-0.4, -0.2) is 16.9 Å². The third kappa shape index (κ3) is 4.15. The molecule has 3 amide bonds. The zero-order valence-corrected chi connectivity index (χ0v) is 19.0. The number of rotatable bonds is 3. The van der Waals surface area contributed by atoms with Gasteiger partial charge in [0.15, 0.2) is 11.6 Å². The van der Waals surface area contributed by atoms with E-state index < -0.39 is 40.7 Å². The highest BCUT2D eigenvalue weighted by molar-refractivity contribution is 6.17. The van der Waals surface area contributed by atoms with E-state index in [2.05, 4.69) is 22.1 Å². The van der Waals surface area contributed by atoms with E-state index >= 15 is 8.78 Å². The molecule has 0 saturated carbocycles. The number of pyridine rings is 1.